The van der Waals surface area contributed by atoms with Crippen LogP contribution in [0, 0.1) is 0 Å². The van der Waals surface area contributed by atoms with Gasteiger partial charge < -0.3 is 14.4 Å². The highest BCUT2D eigenvalue weighted by Gasteiger charge is 2.34. The molecule has 0 aliphatic carbocycles. The Kier molecular flexibility index (Phi) is 5.93. The number of halogens is 3. The Hall–Kier alpha value is -2.23. The van der Waals surface area contributed by atoms with E-state index in [1.54, 1.807) is 4.90 Å². The molecule has 6 nitrogen and oxygen atoms in total. The number of hydrogen-bond donors (Lipinski definition) is 1. The molecule has 25 heavy (non-hydrogen) atoms. The first kappa shape index (κ1) is 19.1. The number of aromatic nitrogens is 2. The zero-order valence-electron chi connectivity index (χ0n) is 13.5. The van der Waals surface area contributed by atoms with Crippen molar-refractivity contribution in [2.75, 3.05) is 18.0 Å². The first-order valence-corrected chi connectivity index (χ1v) is 8.39. The number of aromatic carboxylic acids is 1. The second-order valence-corrected chi connectivity index (χ2v) is 5.87. The van der Waals surface area contributed by atoms with Gasteiger partial charge in [0.2, 0.25) is 5.76 Å². The number of furan rings is 1. The van der Waals surface area contributed by atoms with Gasteiger partial charge in [-0.15, -0.1) is 0 Å². The predicted octanol–water partition coefficient (Wildman–Crippen LogP) is 3.93. The Bertz CT molecular complexity index is 745. The molecule has 0 radical (unpaired) electrons. The summed E-state index contributed by atoms with van der Waals surface area (Å²) in [6.45, 7) is 4.66. The fraction of sp³-hybridized carbons (Fsp3) is 0.400. The van der Waals surface area contributed by atoms with Crippen molar-refractivity contribution >= 4 is 23.5 Å². The highest BCUT2D eigenvalue weighted by atomic mass is 32.2. The number of hydrogen-bond acceptors (Lipinski definition) is 6. The van der Waals surface area contributed by atoms with Gasteiger partial charge >= 0.3 is 12.1 Å². The number of carbonyl (C=O) groups is 1. The molecule has 2 aromatic heterocycles. The molecule has 1 N–H and O–H groups in total. The highest BCUT2D eigenvalue weighted by Crippen LogP contribution is 2.32. The van der Waals surface area contributed by atoms with Gasteiger partial charge in [-0.1, -0.05) is 11.8 Å². The molecular weight excluding hydrogens is 359 g/mol. The summed E-state index contributed by atoms with van der Waals surface area (Å²) in [6.07, 6.45) is -4.58. The normalized spacial score (nSPS) is 11.6. The molecule has 0 atom stereocenters. The van der Waals surface area contributed by atoms with Crippen molar-refractivity contribution in [2.45, 2.75) is 30.9 Å². The van der Waals surface area contributed by atoms with E-state index in [4.69, 9.17) is 9.52 Å². The summed E-state index contributed by atoms with van der Waals surface area (Å²) in [5, 5.41) is 8.75. The number of thioether (sulfide) groups is 1. The number of carboxylic acid groups (broad SMARTS) is 1. The van der Waals surface area contributed by atoms with E-state index in [1.807, 2.05) is 13.8 Å². The van der Waals surface area contributed by atoms with Crippen LogP contribution in [0.1, 0.15) is 35.9 Å². The van der Waals surface area contributed by atoms with E-state index in [1.165, 1.54) is 12.1 Å². The van der Waals surface area contributed by atoms with Gasteiger partial charge in [0.15, 0.2) is 10.9 Å². The van der Waals surface area contributed by atoms with Gasteiger partial charge in [-0.3, -0.25) is 0 Å². The molecule has 0 unspecified atom stereocenters. The van der Waals surface area contributed by atoms with Crippen molar-refractivity contribution in [2.24, 2.45) is 0 Å². The first-order valence-electron chi connectivity index (χ1n) is 7.40. The molecule has 0 amide bonds. The predicted molar refractivity (Wildman–Crippen MR) is 85.8 cm³/mol. The minimum atomic E-state index is -4.58. The number of anilines is 1. The number of alkyl halides is 3. The molecule has 0 fully saturated rings. The van der Waals surface area contributed by atoms with E-state index in [2.05, 4.69) is 9.97 Å². The summed E-state index contributed by atoms with van der Waals surface area (Å²) in [5.74, 6) is -0.820. The molecular formula is C15H16F3N3O3S. The Morgan fingerprint density at radius 1 is 1.28 bits per heavy atom. The van der Waals surface area contributed by atoms with Gasteiger partial charge in [0.25, 0.3) is 0 Å². The van der Waals surface area contributed by atoms with Gasteiger partial charge in [0, 0.05) is 19.2 Å². The van der Waals surface area contributed by atoms with Crippen LogP contribution in [0.15, 0.2) is 27.8 Å². The van der Waals surface area contributed by atoms with Gasteiger partial charge in [0.1, 0.15) is 11.6 Å². The summed E-state index contributed by atoms with van der Waals surface area (Å²) in [6, 6.07) is 3.66. The van der Waals surface area contributed by atoms with Crippen LogP contribution in [0.2, 0.25) is 0 Å². The molecule has 0 saturated carbocycles. The van der Waals surface area contributed by atoms with Gasteiger partial charge in [-0.25, -0.2) is 14.8 Å². The van der Waals surface area contributed by atoms with Crippen molar-refractivity contribution < 1.29 is 27.5 Å². The molecule has 0 aliphatic heterocycles. The molecule has 0 spiro atoms. The van der Waals surface area contributed by atoms with E-state index in [9.17, 15) is 18.0 Å². The van der Waals surface area contributed by atoms with Crippen LogP contribution in [0.25, 0.3) is 0 Å². The van der Waals surface area contributed by atoms with Crippen molar-refractivity contribution in [1.29, 1.82) is 0 Å². The zero-order valence-corrected chi connectivity index (χ0v) is 14.3. The van der Waals surface area contributed by atoms with Crippen LogP contribution in [0.3, 0.4) is 0 Å². The lowest BCUT2D eigenvalue weighted by atomic mass is 10.3. The average molecular weight is 375 g/mol. The van der Waals surface area contributed by atoms with Crippen molar-refractivity contribution in [3.8, 4) is 0 Å². The minimum Gasteiger partial charge on any atom is -0.475 e. The molecule has 0 aliphatic rings. The molecule has 2 heterocycles. The summed E-state index contributed by atoms with van der Waals surface area (Å²) >= 11 is 0.946. The lowest BCUT2D eigenvalue weighted by Crippen LogP contribution is -2.24. The topological polar surface area (TPSA) is 79.5 Å². The SMILES string of the molecule is CCN(CC)c1cc(C(F)(F)F)nc(SCc2ccc(C(=O)O)o2)n1. The first-order chi connectivity index (χ1) is 11.7. The molecule has 2 aromatic rings. The molecule has 10 heteroatoms. The second kappa shape index (κ2) is 7.77. The maximum Gasteiger partial charge on any atom is 0.433 e. The number of carboxylic acids is 1. The Balaban J connectivity index is 2.25. The monoisotopic (exact) mass is 375 g/mol. The smallest absolute Gasteiger partial charge is 0.433 e. The quantitative estimate of drug-likeness (QED) is 0.580. The van der Waals surface area contributed by atoms with Gasteiger partial charge in [-0.05, 0) is 26.0 Å². The van der Waals surface area contributed by atoms with Crippen molar-refractivity contribution in [3.63, 3.8) is 0 Å². The van der Waals surface area contributed by atoms with Gasteiger partial charge in [-0.2, -0.15) is 13.2 Å². The van der Waals surface area contributed by atoms with E-state index < -0.39 is 17.8 Å². The second-order valence-electron chi connectivity index (χ2n) is 4.92. The lowest BCUT2D eigenvalue weighted by molar-refractivity contribution is -0.141. The summed E-state index contributed by atoms with van der Waals surface area (Å²) in [7, 11) is 0. The van der Waals surface area contributed by atoms with Crippen LogP contribution in [-0.2, 0) is 11.9 Å². The average Bonchev–Trinajstić information content (AvgIpc) is 3.02. The standard InChI is InChI=1S/C15H16F3N3O3S/c1-3-21(4-2)12-7-11(15(16,17)18)19-14(20-12)25-8-9-5-6-10(24-9)13(22)23/h5-7H,3-4,8H2,1-2H3,(H,22,23). The summed E-state index contributed by atoms with van der Waals surface area (Å²) < 4.78 is 44.3. The minimum absolute atomic E-state index is 0.0509. The third-order valence-electron chi connectivity index (χ3n) is 3.29. The van der Waals surface area contributed by atoms with Crippen molar-refractivity contribution in [3.05, 3.63) is 35.4 Å². The van der Waals surface area contributed by atoms with E-state index >= 15 is 0 Å². The third kappa shape index (κ3) is 4.88. The van der Waals surface area contributed by atoms with Crippen LogP contribution < -0.4 is 4.90 Å². The van der Waals surface area contributed by atoms with E-state index in [0.717, 1.165) is 17.8 Å². The van der Waals surface area contributed by atoms with Crippen LogP contribution >= 0.6 is 11.8 Å². The van der Waals surface area contributed by atoms with E-state index in [0.29, 0.717) is 18.8 Å². The Labute approximate surface area is 146 Å². The number of rotatable bonds is 7. The maximum atomic E-state index is 13.1. The molecule has 0 bridgehead atoms. The van der Waals surface area contributed by atoms with Crippen LogP contribution in [0.5, 0.6) is 0 Å². The third-order valence-corrected chi connectivity index (χ3v) is 4.16. The Morgan fingerprint density at radius 3 is 2.48 bits per heavy atom. The molecule has 2 rings (SSSR count). The fourth-order valence-corrected chi connectivity index (χ4v) is 2.79. The molecule has 0 saturated heterocycles. The molecule has 136 valence electrons. The summed E-state index contributed by atoms with van der Waals surface area (Å²) in [5.41, 5.74) is -1.02. The summed E-state index contributed by atoms with van der Waals surface area (Å²) in [4.78, 5) is 20.2. The lowest BCUT2D eigenvalue weighted by Gasteiger charge is -2.21. The van der Waals surface area contributed by atoms with Gasteiger partial charge in [0.05, 0.1) is 5.75 Å². The zero-order chi connectivity index (χ0) is 18.6. The molecule has 0 aromatic carbocycles. The Morgan fingerprint density at radius 2 is 1.96 bits per heavy atom. The van der Waals surface area contributed by atoms with E-state index in [-0.39, 0.29) is 22.5 Å². The largest absolute Gasteiger partial charge is 0.475 e. The maximum absolute atomic E-state index is 13.1. The number of nitrogens with zero attached hydrogens (tertiary/aromatic N) is 3. The highest BCUT2D eigenvalue weighted by molar-refractivity contribution is 7.98. The fourth-order valence-electron chi connectivity index (χ4n) is 2.04. The van der Waals surface area contributed by atoms with Crippen LogP contribution in [0.4, 0.5) is 19.0 Å². The van der Waals surface area contributed by atoms with Crippen LogP contribution in [-0.4, -0.2) is 34.1 Å². The van der Waals surface area contributed by atoms with Crippen molar-refractivity contribution in [1.82, 2.24) is 9.97 Å².